The Morgan fingerprint density at radius 2 is 1.78 bits per heavy atom. The van der Waals surface area contributed by atoms with Crippen molar-refractivity contribution in [1.82, 2.24) is 0 Å². The van der Waals surface area contributed by atoms with Crippen LogP contribution in [0.15, 0.2) is 42.5 Å². The summed E-state index contributed by atoms with van der Waals surface area (Å²) in [4.78, 5) is 2.25. The Labute approximate surface area is 106 Å². The summed E-state index contributed by atoms with van der Waals surface area (Å²) in [6.45, 7) is 1.80. The van der Waals surface area contributed by atoms with E-state index in [0.717, 1.165) is 30.9 Å². The molecule has 0 radical (unpaired) electrons. The van der Waals surface area contributed by atoms with Crippen LogP contribution in [-0.2, 0) is 13.0 Å². The second-order valence-corrected chi connectivity index (χ2v) is 4.68. The fourth-order valence-electron chi connectivity index (χ4n) is 2.45. The molecule has 0 aliphatic carbocycles. The number of hydrogen-bond acceptors (Lipinski definition) is 2. The zero-order valence-electron chi connectivity index (χ0n) is 10.1. The maximum absolute atomic E-state index is 12.9. The highest BCUT2D eigenvalue weighted by Crippen LogP contribution is 2.25. The van der Waals surface area contributed by atoms with Crippen LogP contribution in [0.5, 0.6) is 0 Å². The van der Waals surface area contributed by atoms with Gasteiger partial charge in [0.1, 0.15) is 5.82 Å². The summed E-state index contributed by atoms with van der Waals surface area (Å²) in [6, 6.07) is 12.7. The van der Waals surface area contributed by atoms with Gasteiger partial charge in [0.2, 0.25) is 0 Å². The average molecular weight is 242 g/mol. The first-order valence-corrected chi connectivity index (χ1v) is 6.10. The third-order valence-electron chi connectivity index (χ3n) is 3.43. The Balaban J connectivity index is 1.88. The van der Waals surface area contributed by atoms with Crippen LogP contribution in [0, 0.1) is 5.82 Å². The van der Waals surface area contributed by atoms with E-state index < -0.39 is 0 Å². The van der Waals surface area contributed by atoms with Crippen molar-refractivity contribution in [3.63, 3.8) is 0 Å². The van der Waals surface area contributed by atoms with Crippen molar-refractivity contribution >= 4 is 11.4 Å². The summed E-state index contributed by atoms with van der Waals surface area (Å²) < 4.78 is 12.9. The van der Waals surface area contributed by atoms with Gasteiger partial charge in [0.05, 0.1) is 0 Å². The minimum Gasteiger partial charge on any atom is -0.399 e. The Kier molecular flexibility index (Phi) is 2.67. The molecule has 0 saturated carbocycles. The number of nitrogens with two attached hydrogens (primary N) is 1. The monoisotopic (exact) mass is 242 g/mol. The number of nitrogens with zero attached hydrogens (tertiary/aromatic N) is 1. The van der Waals surface area contributed by atoms with E-state index in [0.29, 0.717) is 0 Å². The molecule has 2 aromatic carbocycles. The smallest absolute Gasteiger partial charge is 0.123 e. The molecule has 1 aliphatic rings. The maximum atomic E-state index is 12.9. The van der Waals surface area contributed by atoms with Gasteiger partial charge >= 0.3 is 0 Å². The molecule has 2 nitrogen and oxygen atoms in total. The van der Waals surface area contributed by atoms with Crippen molar-refractivity contribution in [1.29, 1.82) is 0 Å². The van der Waals surface area contributed by atoms with Gasteiger partial charge in [-0.3, -0.25) is 0 Å². The van der Waals surface area contributed by atoms with E-state index in [9.17, 15) is 4.39 Å². The SMILES string of the molecule is Nc1ccc2c(c1)CN(c1ccc(F)cc1)CC2. The van der Waals surface area contributed by atoms with Crippen molar-refractivity contribution in [3.8, 4) is 0 Å². The van der Waals surface area contributed by atoms with E-state index in [4.69, 9.17) is 5.73 Å². The molecule has 2 N–H and O–H groups in total. The lowest BCUT2D eigenvalue weighted by Crippen LogP contribution is -2.30. The molecule has 0 fully saturated rings. The minimum absolute atomic E-state index is 0.194. The molecule has 0 spiro atoms. The number of nitrogen functional groups attached to an aromatic ring is 1. The van der Waals surface area contributed by atoms with Crippen molar-refractivity contribution in [2.45, 2.75) is 13.0 Å². The topological polar surface area (TPSA) is 29.3 Å². The van der Waals surface area contributed by atoms with Gasteiger partial charge in [0.25, 0.3) is 0 Å². The van der Waals surface area contributed by atoms with Crippen LogP contribution < -0.4 is 10.6 Å². The molecule has 0 saturated heterocycles. The molecule has 1 heterocycles. The fourth-order valence-corrected chi connectivity index (χ4v) is 2.45. The lowest BCUT2D eigenvalue weighted by Gasteiger charge is -2.31. The predicted octanol–water partition coefficient (Wildman–Crippen LogP) is 2.97. The average Bonchev–Trinajstić information content (AvgIpc) is 2.38. The molecule has 18 heavy (non-hydrogen) atoms. The van der Waals surface area contributed by atoms with Crippen LogP contribution in [0.3, 0.4) is 0 Å². The maximum Gasteiger partial charge on any atom is 0.123 e. The zero-order chi connectivity index (χ0) is 12.5. The van der Waals surface area contributed by atoms with Crippen molar-refractivity contribution in [3.05, 3.63) is 59.4 Å². The van der Waals surface area contributed by atoms with Gasteiger partial charge in [-0.15, -0.1) is 0 Å². The molecule has 3 rings (SSSR count). The van der Waals surface area contributed by atoms with Gasteiger partial charge < -0.3 is 10.6 Å². The number of rotatable bonds is 1. The molecule has 0 bridgehead atoms. The summed E-state index contributed by atoms with van der Waals surface area (Å²) in [6.07, 6.45) is 1.01. The van der Waals surface area contributed by atoms with E-state index in [1.54, 1.807) is 0 Å². The van der Waals surface area contributed by atoms with Gasteiger partial charge in [0, 0.05) is 24.5 Å². The highest BCUT2D eigenvalue weighted by Gasteiger charge is 2.16. The largest absolute Gasteiger partial charge is 0.399 e. The Hall–Kier alpha value is -2.03. The van der Waals surface area contributed by atoms with Crippen molar-refractivity contribution in [2.75, 3.05) is 17.2 Å². The first-order valence-electron chi connectivity index (χ1n) is 6.10. The predicted molar refractivity (Wildman–Crippen MR) is 72.0 cm³/mol. The Morgan fingerprint density at radius 3 is 2.56 bits per heavy atom. The molecular weight excluding hydrogens is 227 g/mol. The van der Waals surface area contributed by atoms with Gasteiger partial charge in [-0.1, -0.05) is 6.07 Å². The van der Waals surface area contributed by atoms with Crippen LogP contribution in [-0.4, -0.2) is 6.54 Å². The molecule has 0 unspecified atom stereocenters. The normalized spacial score (nSPS) is 14.4. The molecule has 92 valence electrons. The van der Waals surface area contributed by atoms with Gasteiger partial charge in [-0.2, -0.15) is 0 Å². The molecule has 2 aromatic rings. The highest BCUT2D eigenvalue weighted by molar-refractivity contribution is 5.52. The highest BCUT2D eigenvalue weighted by atomic mass is 19.1. The molecule has 0 aromatic heterocycles. The first-order chi connectivity index (χ1) is 8.72. The second-order valence-electron chi connectivity index (χ2n) is 4.68. The molecule has 0 atom stereocenters. The van der Waals surface area contributed by atoms with E-state index in [-0.39, 0.29) is 5.82 Å². The first kappa shape index (κ1) is 11.1. The van der Waals surface area contributed by atoms with Gasteiger partial charge in [0.15, 0.2) is 0 Å². The fraction of sp³-hybridized carbons (Fsp3) is 0.200. The van der Waals surface area contributed by atoms with Crippen molar-refractivity contribution in [2.24, 2.45) is 0 Å². The summed E-state index contributed by atoms with van der Waals surface area (Å²) in [7, 11) is 0. The zero-order valence-corrected chi connectivity index (χ0v) is 10.1. The summed E-state index contributed by atoms with van der Waals surface area (Å²) in [5.41, 5.74) is 10.3. The minimum atomic E-state index is -0.194. The van der Waals surface area contributed by atoms with Crippen LogP contribution in [0.4, 0.5) is 15.8 Å². The number of benzene rings is 2. The van der Waals surface area contributed by atoms with Crippen LogP contribution >= 0.6 is 0 Å². The van der Waals surface area contributed by atoms with Crippen LogP contribution in [0.1, 0.15) is 11.1 Å². The standard InChI is InChI=1S/C15H15FN2/c16-13-2-5-15(6-3-13)18-8-7-11-1-4-14(17)9-12(11)10-18/h1-6,9H,7-8,10,17H2. The van der Waals surface area contributed by atoms with E-state index >= 15 is 0 Å². The molecular formula is C15H15FN2. The van der Waals surface area contributed by atoms with Crippen molar-refractivity contribution < 1.29 is 4.39 Å². The molecule has 1 aliphatic heterocycles. The third-order valence-corrected chi connectivity index (χ3v) is 3.43. The van der Waals surface area contributed by atoms with E-state index in [1.807, 2.05) is 24.3 Å². The molecule has 0 amide bonds. The lowest BCUT2D eigenvalue weighted by atomic mass is 9.98. The summed E-state index contributed by atoms with van der Waals surface area (Å²) >= 11 is 0. The van der Waals surface area contributed by atoms with Gasteiger partial charge in [-0.05, 0) is 53.9 Å². The van der Waals surface area contributed by atoms with E-state index in [1.165, 1.54) is 23.3 Å². The number of fused-ring (bicyclic) bond motifs is 1. The quantitative estimate of drug-likeness (QED) is 0.779. The van der Waals surface area contributed by atoms with Crippen LogP contribution in [0.25, 0.3) is 0 Å². The number of hydrogen-bond donors (Lipinski definition) is 1. The van der Waals surface area contributed by atoms with Gasteiger partial charge in [-0.25, -0.2) is 4.39 Å². The summed E-state index contributed by atoms with van der Waals surface area (Å²) in [5, 5.41) is 0. The number of halogens is 1. The summed E-state index contributed by atoms with van der Waals surface area (Å²) in [5.74, 6) is -0.194. The lowest BCUT2D eigenvalue weighted by molar-refractivity contribution is 0.627. The van der Waals surface area contributed by atoms with E-state index in [2.05, 4.69) is 11.0 Å². The van der Waals surface area contributed by atoms with Crippen LogP contribution in [0.2, 0.25) is 0 Å². The third kappa shape index (κ3) is 2.04. The molecule has 3 heteroatoms. The second kappa shape index (κ2) is 4.33. The number of anilines is 2. The Morgan fingerprint density at radius 1 is 1.00 bits per heavy atom. The Bertz CT molecular complexity index is 563.